The van der Waals surface area contributed by atoms with Gasteiger partial charge in [-0.15, -0.1) is 12.6 Å². The van der Waals surface area contributed by atoms with E-state index in [9.17, 15) is 10.1 Å². The van der Waals surface area contributed by atoms with Crippen LogP contribution < -0.4 is 0 Å². The molecule has 11 heavy (non-hydrogen) atoms. The van der Waals surface area contributed by atoms with Gasteiger partial charge in [0.25, 0.3) is 5.70 Å². The Morgan fingerprint density at radius 2 is 2.27 bits per heavy atom. The Morgan fingerprint density at radius 3 is 2.55 bits per heavy atom. The van der Waals surface area contributed by atoms with E-state index in [0.29, 0.717) is 4.91 Å². The maximum Gasteiger partial charge on any atom is 0.266 e. The Hall–Kier alpha value is -1.03. The van der Waals surface area contributed by atoms with E-state index >= 15 is 0 Å². The third kappa shape index (κ3) is 3.62. The molecule has 0 saturated heterocycles. The number of allylic oxidation sites excluding steroid dienone is 3. The summed E-state index contributed by atoms with van der Waals surface area (Å²) in [6, 6.07) is 0. The average molecular weight is 171 g/mol. The summed E-state index contributed by atoms with van der Waals surface area (Å²) in [7, 11) is 0. The first kappa shape index (κ1) is 9.97. The van der Waals surface area contributed by atoms with Gasteiger partial charge in [0.2, 0.25) is 0 Å². The SMILES string of the molecule is C=C/C(S)=C\C(=C/C)[N+](=O)[O-]. The molecular weight excluding hydrogens is 162 g/mol. The topological polar surface area (TPSA) is 43.1 Å². The van der Waals surface area contributed by atoms with Gasteiger partial charge in [-0.25, -0.2) is 0 Å². The molecule has 0 aliphatic carbocycles. The third-order valence-corrected chi connectivity index (χ3v) is 1.32. The largest absolute Gasteiger partial charge is 0.266 e. The lowest BCUT2D eigenvalue weighted by Crippen LogP contribution is -1.94. The number of thiol groups is 1. The van der Waals surface area contributed by atoms with Crippen molar-refractivity contribution in [3.63, 3.8) is 0 Å². The summed E-state index contributed by atoms with van der Waals surface area (Å²) < 4.78 is 0. The van der Waals surface area contributed by atoms with E-state index in [1.54, 1.807) is 6.92 Å². The lowest BCUT2D eigenvalue weighted by molar-refractivity contribution is -0.419. The highest BCUT2D eigenvalue weighted by Crippen LogP contribution is 2.07. The molecule has 0 bridgehead atoms. The average Bonchev–Trinajstić information content (AvgIpc) is 1.99. The van der Waals surface area contributed by atoms with Crippen molar-refractivity contribution in [1.82, 2.24) is 0 Å². The van der Waals surface area contributed by atoms with Crippen molar-refractivity contribution >= 4 is 12.6 Å². The van der Waals surface area contributed by atoms with Crippen molar-refractivity contribution in [2.75, 3.05) is 0 Å². The smallest absolute Gasteiger partial charge is 0.258 e. The molecule has 3 nitrogen and oxygen atoms in total. The number of rotatable bonds is 3. The van der Waals surface area contributed by atoms with E-state index in [0.717, 1.165) is 0 Å². The Balaban J connectivity index is 4.57. The molecule has 0 amide bonds. The van der Waals surface area contributed by atoms with Crippen molar-refractivity contribution in [2.24, 2.45) is 0 Å². The predicted octanol–water partition coefficient (Wildman–Crippen LogP) is 2.17. The van der Waals surface area contributed by atoms with Gasteiger partial charge in [0.05, 0.1) is 4.92 Å². The van der Waals surface area contributed by atoms with E-state index in [4.69, 9.17) is 0 Å². The fourth-order valence-corrected chi connectivity index (χ4v) is 0.584. The van der Waals surface area contributed by atoms with Crippen LogP contribution in [0.15, 0.2) is 35.4 Å². The van der Waals surface area contributed by atoms with Crippen molar-refractivity contribution in [3.05, 3.63) is 45.5 Å². The predicted molar refractivity (Wildman–Crippen MR) is 48.0 cm³/mol. The Kier molecular flexibility index (Phi) is 4.29. The number of nitro groups is 1. The van der Waals surface area contributed by atoms with E-state index in [1.165, 1.54) is 18.2 Å². The fraction of sp³-hybridized carbons (Fsp3) is 0.143. The second-order valence-corrected chi connectivity index (χ2v) is 2.26. The molecule has 4 heteroatoms. The molecule has 0 aliphatic heterocycles. The lowest BCUT2D eigenvalue weighted by Gasteiger charge is -1.89. The van der Waals surface area contributed by atoms with Gasteiger partial charge in [-0.1, -0.05) is 12.7 Å². The maximum absolute atomic E-state index is 10.2. The summed E-state index contributed by atoms with van der Waals surface area (Å²) in [5, 5.41) is 10.2. The first-order valence-electron chi connectivity index (χ1n) is 2.95. The van der Waals surface area contributed by atoms with Crippen molar-refractivity contribution in [1.29, 1.82) is 0 Å². The first-order chi connectivity index (χ1) is 5.11. The van der Waals surface area contributed by atoms with E-state index in [-0.39, 0.29) is 5.70 Å². The Morgan fingerprint density at radius 1 is 1.73 bits per heavy atom. The molecule has 0 saturated carbocycles. The van der Waals surface area contributed by atoms with Gasteiger partial charge < -0.3 is 0 Å². The molecule has 0 aromatic rings. The van der Waals surface area contributed by atoms with Crippen LogP contribution in [0.1, 0.15) is 6.92 Å². The van der Waals surface area contributed by atoms with Gasteiger partial charge in [0.15, 0.2) is 0 Å². The van der Waals surface area contributed by atoms with Crippen LogP contribution in [-0.4, -0.2) is 4.92 Å². The molecular formula is C7H9NO2S. The second-order valence-electron chi connectivity index (χ2n) is 1.74. The highest BCUT2D eigenvalue weighted by Gasteiger charge is 2.03. The first-order valence-corrected chi connectivity index (χ1v) is 3.40. The molecule has 0 unspecified atom stereocenters. The molecule has 0 heterocycles. The standard InChI is InChI=1S/C7H9NO2S/c1-3-6(8(9)10)5-7(11)4-2/h3-5,11H,2H2,1H3/b6-3+,7-5+. The van der Waals surface area contributed by atoms with Crippen LogP contribution in [0, 0.1) is 10.1 Å². The molecule has 0 radical (unpaired) electrons. The minimum absolute atomic E-state index is 0.0231. The summed E-state index contributed by atoms with van der Waals surface area (Å²) in [5.74, 6) is 0. The van der Waals surface area contributed by atoms with Crippen LogP contribution in [0.25, 0.3) is 0 Å². The fourth-order valence-electron chi connectivity index (χ4n) is 0.452. The van der Waals surface area contributed by atoms with Gasteiger partial charge in [-0.2, -0.15) is 0 Å². The number of nitrogens with zero attached hydrogens (tertiary/aromatic N) is 1. The Labute approximate surface area is 70.7 Å². The minimum atomic E-state index is -0.473. The molecule has 0 rings (SSSR count). The molecule has 0 aliphatic rings. The zero-order chi connectivity index (χ0) is 8.85. The van der Waals surface area contributed by atoms with Gasteiger partial charge >= 0.3 is 0 Å². The quantitative estimate of drug-likeness (QED) is 0.306. The highest BCUT2D eigenvalue weighted by molar-refractivity contribution is 7.84. The summed E-state index contributed by atoms with van der Waals surface area (Å²) in [6.45, 7) is 5.01. The van der Waals surface area contributed by atoms with E-state index < -0.39 is 4.92 Å². The van der Waals surface area contributed by atoms with Crippen molar-refractivity contribution in [3.8, 4) is 0 Å². The van der Waals surface area contributed by atoms with Crippen LogP contribution in [0.5, 0.6) is 0 Å². The Bertz CT molecular complexity index is 231. The molecule has 0 aromatic heterocycles. The van der Waals surface area contributed by atoms with Crippen molar-refractivity contribution in [2.45, 2.75) is 6.92 Å². The van der Waals surface area contributed by atoms with E-state index in [1.807, 2.05) is 0 Å². The highest BCUT2D eigenvalue weighted by atomic mass is 32.1. The molecule has 0 spiro atoms. The maximum atomic E-state index is 10.2. The third-order valence-electron chi connectivity index (χ3n) is 1.01. The summed E-state index contributed by atoms with van der Waals surface area (Å²) in [5.41, 5.74) is 0.0231. The molecule has 0 aromatic carbocycles. The molecule has 0 fully saturated rings. The zero-order valence-corrected chi connectivity index (χ0v) is 7.04. The number of hydrogen-bond donors (Lipinski definition) is 1. The monoisotopic (exact) mass is 171 g/mol. The second kappa shape index (κ2) is 4.73. The minimum Gasteiger partial charge on any atom is -0.258 e. The zero-order valence-electron chi connectivity index (χ0n) is 6.15. The van der Waals surface area contributed by atoms with Crippen LogP contribution in [0.3, 0.4) is 0 Å². The lowest BCUT2D eigenvalue weighted by atomic mass is 10.3. The van der Waals surface area contributed by atoms with Gasteiger partial charge in [-0.05, 0) is 13.0 Å². The van der Waals surface area contributed by atoms with Gasteiger partial charge in [-0.3, -0.25) is 10.1 Å². The summed E-state index contributed by atoms with van der Waals surface area (Å²) in [6.07, 6.45) is 4.19. The van der Waals surface area contributed by atoms with Crippen LogP contribution in [0.4, 0.5) is 0 Å². The molecule has 0 atom stereocenters. The van der Waals surface area contributed by atoms with Gasteiger partial charge in [0.1, 0.15) is 0 Å². The summed E-state index contributed by atoms with van der Waals surface area (Å²) >= 11 is 3.92. The van der Waals surface area contributed by atoms with E-state index in [2.05, 4.69) is 19.2 Å². The normalized spacial score (nSPS) is 12.9. The number of hydrogen-bond acceptors (Lipinski definition) is 3. The van der Waals surface area contributed by atoms with Crippen molar-refractivity contribution < 1.29 is 4.92 Å². The van der Waals surface area contributed by atoms with Crippen LogP contribution >= 0.6 is 12.6 Å². The van der Waals surface area contributed by atoms with Crippen LogP contribution in [-0.2, 0) is 0 Å². The summed E-state index contributed by atoms with van der Waals surface area (Å²) in [4.78, 5) is 10.2. The van der Waals surface area contributed by atoms with Crippen LogP contribution in [0.2, 0.25) is 0 Å². The van der Waals surface area contributed by atoms with Gasteiger partial charge in [0, 0.05) is 11.0 Å². The molecule has 0 N–H and O–H groups in total. The molecule has 60 valence electrons.